The van der Waals surface area contributed by atoms with Crippen LogP contribution >= 0.6 is 0 Å². The van der Waals surface area contributed by atoms with Gasteiger partial charge in [-0.3, -0.25) is 4.79 Å². The van der Waals surface area contributed by atoms with Gasteiger partial charge < -0.3 is 9.72 Å². The van der Waals surface area contributed by atoms with E-state index in [-0.39, 0.29) is 5.69 Å². The zero-order valence-electron chi connectivity index (χ0n) is 13.9. The number of benzene rings is 2. The normalized spacial score (nSPS) is 12.0. The quantitative estimate of drug-likeness (QED) is 0.572. The Kier molecular flexibility index (Phi) is 3.82. The van der Waals surface area contributed by atoms with Gasteiger partial charge in [0.05, 0.1) is 24.2 Å². The molecule has 0 aliphatic rings. The number of fused-ring (bicyclic) bond motifs is 2. The molecule has 126 valence electrons. The van der Waals surface area contributed by atoms with E-state index in [0.29, 0.717) is 17.2 Å². The first kappa shape index (κ1) is 15.8. The van der Waals surface area contributed by atoms with E-state index in [1.807, 2.05) is 54.6 Å². The monoisotopic (exact) mass is 342 g/mol. The summed E-state index contributed by atoms with van der Waals surface area (Å²) in [5, 5.41) is 11.2. The lowest BCUT2D eigenvalue weighted by Gasteiger charge is -2.09. The van der Waals surface area contributed by atoms with Crippen LogP contribution in [-0.2, 0) is 0 Å². The molecule has 0 spiro atoms. The molecule has 0 saturated carbocycles. The van der Waals surface area contributed by atoms with Crippen molar-refractivity contribution in [2.24, 2.45) is 0 Å². The third-order valence-corrected chi connectivity index (χ3v) is 4.22. The number of carbonyl (C=O) groups is 1. The number of carbonyl (C=O) groups excluding carboxylic acids is 1. The minimum Gasteiger partial charge on any atom is -0.481 e. The molecule has 0 saturated heterocycles. The Labute approximate surface area is 149 Å². The summed E-state index contributed by atoms with van der Waals surface area (Å²) in [6.45, 7) is 0. The molecule has 0 radical (unpaired) electrons. The molecule has 2 aromatic carbocycles. The third kappa shape index (κ3) is 2.56. The summed E-state index contributed by atoms with van der Waals surface area (Å²) < 4.78 is 5.32. The van der Waals surface area contributed by atoms with Crippen molar-refractivity contribution in [3.63, 3.8) is 0 Å². The number of ether oxygens (including phenoxy) is 1. The molecule has 0 bridgehead atoms. The molecule has 4 rings (SSSR count). The molecule has 1 atom stereocenters. The summed E-state index contributed by atoms with van der Waals surface area (Å²) in [6, 6.07) is 18.6. The first-order valence-corrected chi connectivity index (χ1v) is 8.03. The predicted octanol–water partition coefficient (Wildman–Crippen LogP) is 3.61. The van der Waals surface area contributed by atoms with Gasteiger partial charge in [0.2, 0.25) is 11.7 Å². The molecule has 6 heteroatoms. The number of nitriles is 1. The van der Waals surface area contributed by atoms with Crippen molar-refractivity contribution < 1.29 is 9.53 Å². The Bertz CT molecular complexity index is 1140. The van der Waals surface area contributed by atoms with Crippen molar-refractivity contribution in [1.29, 1.82) is 5.26 Å². The lowest BCUT2D eigenvalue weighted by atomic mass is 10.0. The van der Waals surface area contributed by atoms with Crippen LogP contribution in [0.3, 0.4) is 0 Å². The molecule has 2 aromatic heterocycles. The minimum atomic E-state index is -1.07. The number of nitrogens with zero attached hydrogens (tertiary/aromatic N) is 3. The van der Waals surface area contributed by atoms with E-state index in [1.54, 1.807) is 6.07 Å². The van der Waals surface area contributed by atoms with Crippen LogP contribution in [0.4, 0.5) is 0 Å². The first-order chi connectivity index (χ1) is 12.7. The maximum atomic E-state index is 13.0. The van der Waals surface area contributed by atoms with Gasteiger partial charge in [0.25, 0.3) is 0 Å². The van der Waals surface area contributed by atoms with E-state index < -0.39 is 11.7 Å². The Morgan fingerprint density at radius 2 is 1.92 bits per heavy atom. The van der Waals surface area contributed by atoms with Gasteiger partial charge in [-0.2, -0.15) is 5.26 Å². The van der Waals surface area contributed by atoms with E-state index in [9.17, 15) is 10.1 Å². The Balaban J connectivity index is 1.80. The van der Waals surface area contributed by atoms with Gasteiger partial charge in [-0.25, -0.2) is 9.97 Å². The second kappa shape index (κ2) is 6.30. The third-order valence-electron chi connectivity index (χ3n) is 4.22. The van der Waals surface area contributed by atoms with Crippen LogP contribution in [0.2, 0.25) is 0 Å². The second-order valence-corrected chi connectivity index (χ2v) is 5.80. The Morgan fingerprint density at radius 3 is 2.69 bits per heavy atom. The van der Waals surface area contributed by atoms with Gasteiger partial charge in [0, 0.05) is 5.39 Å². The summed E-state index contributed by atoms with van der Waals surface area (Å²) in [5.41, 5.74) is 1.66. The van der Waals surface area contributed by atoms with Crippen LogP contribution < -0.4 is 4.74 Å². The van der Waals surface area contributed by atoms with Crippen molar-refractivity contribution in [2.75, 3.05) is 7.11 Å². The summed E-state index contributed by atoms with van der Waals surface area (Å²) in [5.74, 6) is -0.822. The van der Waals surface area contributed by atoms with E-state index in [2.05, 4.69) is 15.0 Å². The molecule has 0 aliphatic heterocycles. The SMILES string of the molecule is COc1nc(C(=O)[C@@H](C#N)c2nc3ccccc3[nH]2)cc2ccccc12. The standard InChI is InChI=1S/C20H14N4O2/c1-26-20-13-7-3-2-6-12(13)10-17(24-20)18(25)14(11-21)19-22-15-8-4-5-9-16(15)23-19/h2-10,14H,1H3,(H,22,23)/t14-/m1/s1. The fourth-order valence-corrected chi connectivity index (χ4v) is 2.95. The number of aromatic amines is 1. The van der Waals surface area contributed by atoms with E-state index >= 15 is 0 Å². The lowest BCUT2D eigenvalue weighted by Crippen LogP contribution is -2.14. The molecule has 4 aromatic rings. The highest BCUT2D eigenvalue weighted by Gasteiger charge is 2.27. The molecular formula is C20H14N4O2. The Hall–Kier alpha value is -3.72. The zero-order valence-corrected chi connectivity index (χ0v) is 13.9. The highest BCUT2D eigenvalue weighted by molar-refractivity contribution is 6.04. The molecule has 0 unspecified atom stereocenters. The number of methoxy groups -OCH3 is 1. The highest BCUT2D eigenvalue weighted by atomic mass is 16.5. The minimum absolute atomic E-state index is 0.174. The van der Waals surface area contributed by atoms with Crippen LogP contribution in [-0.4, -0.2) is 27.8 Å². The molecule has 26 heavy (non-hydrogen) atoms. The van der Waals surface area contributed by atoms with Crippen molar-refractivity contribution in [1.82, 2.24) is 15.0 Å². The number of aromatic nitrogens is 3. The average molecular weight is 342 g/mol. The van der Waals surface area contributed by atoms with Crippen LogP contribution in [0.5, 0.6) is 5.88 Å². The second-order valence-electron chi connectivity index (χ2n) is 5.80. The number of H-pyrrole nitrogens is 1. The van der Waals surface area contributed by atoms with Gasteiger partial charge in [-0.1, -0.05) is 30.3 Å². The fourth-order valence-electron chi connectivity index (χ4n) is 2.95. The van der Waals surface area contributed by atoms with Gasteiger partial charge in [-0.05, 0) is 29.7 Å². The summed E-state index contributed by atoms with van der Waals surface area (Å²) in [7, 11) is 1.50. The van der Waals surface area contributed by atoms with Crippen molar-refractivity contribution in [2.45, 2.75) is 5.92 Å². The van der Waals surface area contributed by atoms with E-state index in [0.717, 1.165) is 16.3 Å². The Morgan fingerprint density at radius 1 is 1.15 bits per heavy atom. The maximum absolute atomic E-state index is 13.0. The number of para-hydroxylation sites is 2. The molecule has 2 heterocycles. The molecular weight excluding hydrogens is 328 g/mol. The topological polar surface area (TPSA) is 91.7 Å². The van der Waals surface area contributed by atoms with Crippen molar-refractivity contribution in [3.8, 4) is 11.9 Å². The lowest BCUT2D eigenvalue weighted by molar-refractivity contribution is 0.0971. The van der Waals surface area contributed by atoms with Gasteiger partial charge >= 0.3 is 0 Å². The van der Waals surface area contributed by atoms with Crippen LogP contribution in [0.1, 0.15) is 22.2 Å². The number of pyridine rings is 1. The van der Waals surface area contributed by atoms with Crippen molar-refractivity contribution in [3.05, 3.63) is 66.1 Å². The van der Waals surface area contributed by atoms with Gasteiger partial charge in [0.15, 0.2) is 5.92 Å². The van der Waals surface area contributed by atoms with Gasteiger partial charge in [-0.15, -0.1) is 0 Å². The summed E-state index contributed by atoms with van der Waals surface area (Å²) in [4.78, 5) is 24.7. The number of rotatable bonds is 4. The number of imidazole rings is 1. The van der Waals surface area contributed by atoms with E-state index in [1.165, 1.54) is 7.11 Å². The summed E-state index contributed by atoms with van der Waals surface area (Å²) in [6.07, 6.45) is 0. The molecule has 1 N–H and O–H groups in total. The van der Waals surface area contributed by atoms with Crippen LogP contribution in [0.25, 0.3) is 21.8 Å². The highest BCUT2D eigenvalue weighted by Crippen LogP contribution is 2.27. The number of ketones is 1. The van der Waals surface area contributed by atoms with Crippen molar-refractivity contribution >= 4 is 27.6 Å². The number of hydrogen-bond acceptors (Lipinski definition) is 5. The fraction of sp³-hybridized carbons (Fsp3) is 0.100. The molecule has 0 amide bonds. The number of nitrogens with one attached hydrogen (secondary N) is 1. The molecule has 0 aliphatic carbocycles. The zero-order chi connectivity index (χ0) is 18.1. The van der Waals surface area contributed by atoms with Crippen LogP contribution in [0.15, 0.2) is 54.6 Å². The average Bonchev–Trinajstić information content (AvgIpc) is 3.11. The summed E-state index contributed by atoms with van der Waals surface area (Å²) >= 11 is 0. The predicted molar refractivity (Wildman–Crippen MR) is 97.1 cm³/mol. The van der Waals surface area contributed by atoms with Crippen LogP contribution in [0, 0.1) is 11.3 Å². The van der Waals surface area contributed by atoms with Gasteiger partial charge in [0.1, 0.15) is 11.5 Å². The molecule has 0 fully saturated rings. The largest absolute Gasteiger partial charge is 0.481 e. The number of Topliss-reactive ketones (excluding diaryl/α,β-unsaturated/α-hetero) is 1. The number of hydrogen-bond donors (Lipinski definition) is 1. The molecule has 6 nitrogen and oxygen atoms in total. The maximum Gasteiger partial charge on any atom is 0.221 e. The first-order valence-electron chi connectivity index (χ1n) is 8.03. The smallest absolute Gasteiger partial charge is 0.221 e. The van der Waals surface area contributed by atoms with E-state index in [4.69, 9.17) is 4.74 Å².